The Balaban J connectivity index is 0.000000440. The van der Waals surface area contributed by atoms with E-state index in [9.17, 15) is 14.0 Å². The summed E-state index contributed by atoms with van der Waals surface area (Å²) in [6.07, 6.45) is 5.35. The van der Waals surface area contributed by atoms with Crippen molar-refractivity contribution in [3.8, 4) is 17.2 Å². The van der Waals surface area contributed by atoms with Crippen molar-refractivity contribution in [3.05, 3.63) is 84.8 Å². The van der Waals surface area contributed by atoms with E-state index in [1.54, 1.807) is 61.8 Å². The number of benzene rings is 3. The van der Waals surface area contributed by atoms with Crippen LogP contribution in [0.5, 0.6) is 17.2 Å². The number of amides is 2. The van der Waals surface area contributed by atoms with Crippen LogP contribution in [-0.4, -0.2) is 36.5 Å². The Bertz CT molecular complexity index is 1580. The Morgan fingerprint density at radius 1 is 0.951 bits per heavy atom. The number of aromatic nitrogens is 1. The molecule has 7 rings (SSSR count). The molecule has 2 heterocycles. The first-order chi connectivity index (χ1) is 19.9. The number of hydrogen-bond acceptors (Lipinski definition) is 6. The number of carbonyl (C=O) groups excluding carboxylic acids is 2. The van der Waals surface area contributed by atoms with Gasteiger partial charge in [-0.25, -0.2) is 4.39 Å². The minimum atomic E-state index is -1.15. The lowest BCUT2D eigenvalue weighted by Crippen LogP contribution is -2.35. The average molecular weight is 555 g/mol. The number of rotatable bonds is 7. The molecule has 2 amide bonds. The molecule has 2 unspecified atom stereocenters. The highest BCUT2D eigenvalue weighted by atomic mass is 19.1. The fourth-order valence-electron chi connectivity index (χ4n) is 5.07. The number of methoxy groups -OCH3 is 1. The molecule has 8 nitrogen and oxygen atoms in total. The van der Waals surface area contributed by atoms with Crippen LogP contribution in [0.3, 0.4) is 0 Å². The van der Waals surface area contributed by atoms with Gasteiger partial charge in [0, 0.05) is 41.1 Å². The second-order valence-corrected chi connectivity index (χ2v) is 10.6. The van der Waals surface area contributed by atoms with Crippen LogP contribution < -0.4 is 25.4 Å². The monoisotopic (exact) mass is 554 g/mol. The molecule has 0 spiro atoms. The number of nitrogens with one attached hydrogen (secondary N) is 3. The molecule has 2 atom stereocenters. The highest BCUT2D eigenvalue weighted by Gasteiger charge is 2.56. The number of piperidine rings is 1. The first-order valence-corrected chi connectivity index (χ1v) is 13.8. The van der Waals surface area contributed by atoms with E-state index in [2.05, 4.69) is 20.9 Å². The highest BCUT2D eigenvalue weighted by Crippen LogP contribution is 2.47. The van der Waals surface area contributed by atoms with Crippen LogP contribution in [0.2, 0.25) is 0 Å². The molecule has 3 aliphatic rings. The topological polar surface area (TPSA) is 102 Å². The van der Waals surface area contributed by atoms with Gasteiger partial charge in [-0.3, -0.25) is 14.6 Å². The summed E-state index contributed by atoms with van der Waals surface area (Å²) in [7, 11) is 1.57. The van der Waals surface area contributed by atoms with Gasteiger partial charge < -0.3 is 25.4 Å². The Hall–Kier alpha value is -4.50. The number of carbonyl (C=O) groups is 2. The van der Waals surface area contributed by atoms with Gasteiger partial charge in [0.2, 0.25) is 11.8 Å². The lowest BCUT2D eigenvalue weighted by Gasteiger charge is -2.16. The molecular weight excluding hydrogens is 523 g/mol. The molecule has 1 aromatic heterocycles. The Morgan fingerprint density at radius 3 is 2.34 bits per heavy atom. The first kappa shape index (κ1) is 26.7. The van der Waals surface area contributed by atoms with Crippen LogP contribution in [0.15, 0.2) is 79.0 Å². The molecule has 1 aliphatic heterocycles. The minimum Gasteiger partial charge on any atom is -0.497 e. The van der Waals surface area contributed by atoms with Gasteiger partial charge in [-0.1, -0.05) is 18.2 Å². The Labute approximate surface area is 237 Å². The summed E-state index contributed by atoms with van der Waals surface area (Å²) in [5.41, 5.74) is 0.349. The van der Waals surface area contributed by atoms with Crippen molar-refractivity contribution in [2.24, 2.45) is 11.3 Å². The smallest absolute Gasteiger partial charge is 0.240 e. The van der Waals surface area contributed by atoms with E-state index in [1.165, 1.54) is 37.6 Å². The third-order valence-electron chi connectivity index (χ3n) is 7.81. The summed E-state index contributed by atoms with van der Waals surface area (Å²) < 4.78 is 25.9. The van der Waals surface area contributed by atoms with Crippen molar-refractivity contribution in [3.63, 3.8) is 0 Å². The molecule has 3 fully saturated rings. The number of halogens is 1. The molecule has 41 heavy (non-hydrogen) atoms. The molecule has 9 heteroatoms. The van der Waals surface area contributed by atoms with Crippen molar-refractivity contribution < 1.29 is 23.5 Å². The maximum atomic E-state index is 14.9. The van der Waals surface area contributed by atoms with Crippen LogP contribution in [-0.2, 0) is 9.59 Å². The molecule has 3 aromatic carbocycles. The van der Waals surface area contributed by atoms with Gasteiger partial charge in [-0.15, -0.1) is 0 Å². The normalized spacial score (nSPS) is 19.3. The van der Waals surface area contributed by atoms with Gasteiger partial charge in [0.1, 0.15) is 16.9 Å². The fraction of sp³-hybridized carbons (Fsp3) is 0.281. The van der Waals surface area contributed by atoms with Crippen LogP contribution in [0.1, 0.15) is 25.7 Å². The Morgan fingerprint density at radius 2 is 1.73 bits per heavy atom. The quantitative estimate of drug-likeness (QED) is 0.246. The van der Waals surface area contributed by atoms with Crippen LogP contribution in [0, 0.1) is 17.2 Å². The summed E-state index contributed by atoms with van der Waals surface area (Å²) in [5, 5.41) is 9.53. The highest BCUT2D eigenvalue weighted by molar-refractivity contribution is 6.16. The van der Waals surface area contributed by atoms with E-state index in [1.807, 2.05) is 6.07 Å². The summed E-state index contributed by atoms with van der Waals surface area (Å²) >= 11 is 0. The number of pyridine rings is 1. The second kappa shape index (κ2) is 11.2. The van der Waals surface area contributed by atoms with E-state index in [0.717, 1.165) is 12.0 Å². The molecule has 2 saturated carbocycles. The van der Waals surface area contributed by atoms with Crippen molar-refractivity contribution in [2.75, 3.05) is 24.3 Å². The predicted molar refractivity (Wildman–Crippen MR) is 155 cm³/mol. The van der Waals surface area contributed by atoms with Gasteiger partial charge in [-0.05, 0) is 80.6 Å². The standard InChI is InChI=1S/C27H22FN3O4.C5H9N/c1-34-19-8-9-20-22(16-19)29-14-11-23(20)35-24-10-7-18(15-21(24)28)31-26(33)27(12-13-27)25(32)30-17-5-3-2-4-6-17;1-2-6-5-3-4(1)5/h2-11,14-16H,12-13H2,1H3,(H,30,32)(H,31,33);4-6H,1-3H2. The third kappa shape index (κ3) is 5.85. The molecule has 210 valence electrons. The zero-order valence-electron chi connectivity index (χ0n) is 22.7. The van der Waals surface area contributed by atoms with Gasteiger partial charge in [0.25, 0.3) is 0 Å². The molecule has 0 radical (unpaired) electrons. The molecular formula is C32H31FN4O4. The summed E-state index contributed by atoms with van der Waals surface area (Å²) in [6.45, 7) is 1.29. The van der Waals surface area contributed by atoms with Gasteiger partial charge >= 0.3 is 0 Å². The molecule has 0 bridgehead atoms. The van der Waals surface area contributed by atoms with Crippen LogP contribution >= 0.6 is 0 Å². The average Bonchev–Trinajstić information content (AvgIpc) is 3.92. The third-order valence-corrected chi connectivity index (χ3v) is 7.81. The van der Waals surface area contributed by atoms with Crippen LogP contribution in [0.4, 0.5) is 15.8 Å². The van der Waals surface area contributed by atoms with E-state index in [-0.39, 0.29) is 17.3 Å². The van der Waals surface area contributed by atoms with Gasteiger partial charge in [0.05, 0.1) is 12.6 Å². The largest absolute Gasteiger partial charge is 0.497 e. The van der Waals surface area contributed by atoms with Gasteiger partial charge in [-0.2, -0.15) is 0 Å². The van der Waals surface area contributed by atoms with Crippen molar-refractivity contribution in [1.82, 2.24) is 10.3 Å². The maximum Gasteiger partial charge on any atom is 0.240 e. The number of hydrogen-bond donors (Lipinski definition) is 3. The van der Waals surface area contributed by atoms with Crippen molar-refractivity contribution >= 4 is 34.1 Å². The summed E-state index contributed by atoms with van der Waals surface area (Å²) in [6, 6.07) is 21.0. The van der Waals surface area contributed by atoms with E-state index < -0.39 is 17.1 Å². The molecule has 1 saturated heterocycles. The van der Waals surface area contributed by atoms with E-state index in [0.29, 0.717) is 40.9 Å². The summed E-state index contributed by atoms with van der Waals surface area (Å²) in [5.74, 6) is 0.692. The van der Waals surface area contributed by atoms with E-state index in [4.69, 9.17) is 9.47 Å². The molecule has 3 N–H and O–H groups in total. The Kier molecular flexibility index (Phi) is 7.28. The maximum absolute atomic E-state index is 14.9. The predicted octanol–water partition coefficient (Wildman–Crippen LogP) is 5.90. The second-order valence-electron chi connectivity index (χ2n) is 10.6. The van der Waals surface area contributed by atoms with Crippen LogP contribution in [0.25, 0.3) is 10.9 Å². The first-order valence-electron chi connectivity index (χ1n) is 13.8. The number of fused-ring (bicyclic) bond motifs is 2. The van der Waals surface area contributed by atoms with Gasteiger partial charge in [0.15, 0.2) is 11.6 Å². The summed E-state index contributed by atoms with van der Waals surface area (Å²) in [4.78, 5) is 29.9. The minimum absolute atomic E-state index is 0.00530. The zero-order chi connectivity index (χ0) is 28.4. The molecule has 2 aliphatic carbocycles. The van der Waals surface area contributed by atoms with Crippen molar-refractivity contribution in [2.45, 2.75) is 31.7 Å². The van der Waals surface area contributed by atoms with E-state index >= 15 is 0 Å². The number of nitrogens with zero attached hydrogens (tertiary/aromatic N) is 1. The lowest BCUT2D eigenvalue weighted by molar-refractivity contribution is -0.131. The van der Waals surface area contributed by atoms with Crippen molar-refractivity contribution in [1.29, 1.82) is 0 Å². The number of ether oxygens (including phenoxy) is 2. The zero-order valence-corrected chi connectivity index (χ0v) is 22.7. The molecule has 4 aromatic rings. The number of para-hydroxylation sites is 1. The SMILES string of the molecule is C1CC2CC2N1.COc1ccc2c(Oc3ccc(NC(=O)C4(C(=O)Nc5ccccc5)CC4)cc3F)ccnc2c1. The fourth-order valence-corrected chi connectivity index (χ4v) is 5.07. The lowest BCUT2D eigenvalue weighted by atomic mass is 10.0. The number of anilines is 2.